The predicted molar refractivity (Wildman–Crippen MR) is 69.0 cm³/mol. The maximum Gasteiger partial charge on any atom is 0.0914 e. The number of aliphatic hydroxyl groups is 1. The first-order valence-corrected chi connectivity index (χ1v) is 5.48. The third kappa shape index (κ3) is 9.44. The molecule has 0 saturated carbocycles. The van der Waals surface area contributed by atoms with E-state index in [1.165, 1.54) is 0 Å². The van der Waals surface area contributed by atoms with Crippen LogP contribution in [-0.4, -0.2) is 23.8 Å². The fraction of sp³-hybridized carbons (Fsp3) is 0.538. The number of aliphatic hydroxyl groups excluding tert-OH is 1. The Labute approximate surface area is 94.4 Å². The Morgan fingerprint density at radius 3 is 2.20 bits per heavy atom. The van der Waals surface area contributed by atoms with E-state index in [1.807, 2.05) is 27.7 Å². The Morgan fingerprint density at radius 2 is 1.87 bits per heavy atom. The Bertz CT molecular complexity index is 195. The molecule has 0 radical (unpaired) electrons. The minimum absolute atomic E-state index is 0.379. The molecule has 2 heteroatoms. The van der Waals surface area contributed by atoms with Crippen molar-refractivity contribution in [2.75, 3.05) is 6.54 Å². The van der Waals surface area contributed by atoms with Crippen LogP contribution in [0.4, 0.5) is 0 Å². The van der Waals surface area contributed by atoms with E-state index in [4.69, 9.17) is 0 Å². The van der Waals surface area contributed by atoms with Crippen LogP contribution in [-0.2, 0) is 0 Å². The molecule has 0 fully saturated rings. The summed E-state index contributed by atoms with van der Waals surface area (Å²) in [6, 6.07) is 0.379. The molecule has 1 unspecified atom stereocenters. The van der Waals surface area contributed by atoms with Gasteiger partial charge in [-0.1, -0.05) is 59.1 Å². The van der Waals surface area contributed by atoms with E-state index in [-0.39, 0.29) is 0 Å². The molecular formula is C13H25NO. The van der Waals surface area contributed by atoms with Crippen LogP contribution < -0.4 is 5.32 Å². The van der Waals surface area contributed by atoms with Crippen LogP contribution in [0.3, 0.4) is 0 Å². The molecule has 0 rings (SSSR count). The number of hydrogen-bond acceptors (Lipinski definition) is 2. The minimum Gasteiger partial charge on any atom is -0.387 e. The molecule has 1 atom stereocenters. The summed E-state index contributed by atoms with van der Waals surface area (Å²) in [4.78, 5) is 0. The zero-order valence-corrected chi connectivity index (χ0v) is 10.5. The zero-order chi connectivity index (χ0) is 12.3. The maximum absolute atomic E-state index is 9.64. The molecule has 0 aromatic carbocycles. The third-order valence-corrected chi connectivity index (χ3v) is 1.65. The average molecular weight is 211 g/mol. The SMILES string of the molecule is C=C/C=C(\C=C)C(O)CNC(C)C.CC. The van der Waals surface area contributed by atoms with Crippen LogP contribution in [0.15, 0.2) is 37.0 Å². The molecule has 15 heavy (non-hydrogen) atoms. The highest BCUT2D eigenvalue weighted by Crippen LogP contribution is 2.03. The summed E-state index contributed by atoms with van der Waals surface area (Å²) in [7, 11) is 0. The Morgan fingerprint density at radius 1 is 1.33 bits per heavy atom. The van der Waals surface area contributed by atoms with E-state index in [9.17, 15) is 5.11 Å². The summed E-state index contributed by atoms with van der Waals surface area (Å²) in [5, 5.41) is 12.8. The highest BCUT2D eigenvalue weighted by Gasteiger charge is 2.06. The molecule has 0 heterocycles. The van der Waals surface area contributed by atoms with Gasteiger partial charge < -0.3 is 10.4 Å². The van der Waals surface area contributed by atoms with Crippen LogP contribution in [0.5, 0.6) is 0 Å². The van der Waals surface area contributed by atoms with E-state index < -0.39 is 6.10 Å². The van der Waals surface area contributed by atoms with Gasteiger partial charge in [-0.2, -0.15) is 0 Å². The van der Waals surface area contributed by atoms with E-state index in [0.717, 1.165) is 5.57 Å². The van der Waals surface area contributed by atoms with Gasteiger partial charge in [0.05, 0.1) is 6.10 Å². The topological polar surface area (TPSA) is 32.3 Å². The first-order chi connectivity index (χ1) is 7.11. The van der Waals surface area contributed by atoms with Crippen molar-refractivity contribution in [3.05, 3.63) is 37.0 Å². The molecule has 2 N–H and O–H groups in total. The minimum atomic E-state index is -0.502. The second kappa shape index (κ2) is 11.2. The van der Waals surface area contributed by atoms with Gasteiger partial charge in [0, 0.05) is 12.6 Å². The highest BCUT2D eigenvalue weighted by atomic mass is 16.3. The van der Waals surface area contributed by atoms with E-state index in [2.05, 4.69) is 18.5 Å². The summed E-state index contributed by atoms with van der Waals surface area (Å²) < 4.78 is 0. The molecule has 0 aliphatic carbocycles. The van der Waals surface area contributed by atoms with Gasteiger partial charge in [-0.05, 0) is 5.57 Å². The van der Waals surface area contributed by atoms with Gasteiger partial charge in [-0.15, -0.1) is 0 Å². The second-order valence-corrected chi connectivity index (χ2v) is 3.19. The van der Waals surface area contributed by atoms with Crippen molar-refractivity contribution in [2.45, 2.75) is 39.8 Å². The van der Waals surface area contributed by atoms with Gasteiger partial charge in [0.1, 0.15) is 0 Å². The summed E-state index contributed by atoms with van der Waals surface area (Å²) in [5.41, 5.74) is 0.795. The number of allylic oxidation sites excluding steroid dienone is 2. The molecule has 0 saturated heterocycles. The summed E-state index contributed by atoms with van der Waals surface area (Å²) in [6.45, 7) is 15.8. The summed E-state index contributed by atoms with van der Waals surface area (Å²) in [6.07, 6.45) is 4.56. The molecule has 0 aliphatic heterocycles. The van der Waals surface area contributed by atoms with Crippen molar-refractivity contribution in [1.82, 2.24) is 5.32 Å². The first kappa shape index (κ1) is 16.6. The van der Waals surface area contributed by atoms with Gasteiger partial charge in [0.2, 0.25) is 0 Å². The lowest BCUT2D eigenvalue weighted by atomic mass is 10.1. The van der Waals surface area contributed by atoms with Crippen molar-refractivity contribution in [3.63, 3.8) is 0 Å². The Balaban J connectivity index is 0. The average Bonchev–Trinajstić information content (AvgIpc) is 2.25. The summed E-state index contributed by atoms with van der Waals surface area (Å²) >= 11 is 0. The van der Waals surface area contributed by atoms with Crippen LogP contribution in [0, 0.1) is 0 Å². The van der Waals surface area contributed by atoms with Crippen molar-refractivity contribution < 1.29 is 5.11 Å². The quantitative estimate of drug-likeness (QED) is 0.662. The maximum atomic E-state index is 9.64. The molecule has 2 nitrogen and oxygen atoms in total. The van der Waals surface area contributed by atoms with Crippen molar-refractivity contribution in [3.8, 4) is 0 Å². The smallest absolute Gasteiger partial charge is 0.0914 e. The van der Waals surface area contributed by atoms with Gasteiger partial charge in [-0.3, -0.25) is 0 Å². The number of nitrogens with one attached hydrogen (secondary N) is 1. The van der Waals surface area contributed by atoms with Gasteiger partial charge in [-0.25, -0.2) is 0 Å². The standard InChI is InChI=1S/C11H19NO.C2H6/c1-5-7-10(6-2)11(13)8-12-9(3)4;1-2/h5-7,9,11-13H,1-2,8H2,3-4H3;1-2H3/b10-7+;. The third-order valence-electron chi connectivity index (χ3n) is 1.65. The lowest BCUT2D eigenvalue weighted by Crippen LogP contribution is -2.32. The number of hydrogen-bond donors (Lipinski definition) is 2. The van der Waals surface area contributed by atoms with Gasteiger partial charge in [0.25, 0.3) is 0 Å². The van der Waals surface area contributed by atoms with Crippen LogP contribution in [0.25, 0.3) is 0 Å². The lowest BCUT2D eigenvalue weighted by Gasteiger charge is -2.14. The fourth-order valence-electron chi connectivity index (χ4n) is 0.916. The van der Waals surface area contributed by atoms with Crippen LogP contribution in [0.1, 0.15) is 27.7 Å². The molecule has 0 aromatic heterocycles. The van der Waals surface area contributed by atoms with Crippen molar-refractivity contribution >= 4 is 0 Å². The molecular weight excluding hydrogens is 186 g/mol. The normalized spacial score (nSPS) is 12.8. The monoisotopic (exact) mass is 211 g/mol. The van der Waals surface area contributed by atoms with E-state index in [0.29, 0.717) is 12.6 Å². The molecule has 0 aliphatic rings. The fourth-order valence-corrected chi connectivity index (χ4v) is 0.916. The number of rotatable bonds is 6. The zero-order valence-electron chi connectivity index (χ0n) is 10.5. The first-order valence-electron chi connectivity index (χ1n) is 5.48. The lowest BCUT2D eigenvalue weighted by molar-refractivity contribution is 0.207. The van der Waals surface area contributed by atoms with Crippen LogP contribution >= 0.6 is 0 Å². The van der Waals surface area contributed by atoms with Gasteiger partial charge in [0.15, 0.2) is 0 Å². The highest BCUT2D eigenvalue weighted by molar-refractivity contribution is 5.25. The molecule has 0 bridgehead atoms. The predicted octanol–water partition coefficient (Wildman–Crippen LogP) is 2.67. The van der Waals surface area contributed by atoms with Gasteiger partial charge >= 0.3 is 0 Å². The van der Waals surface area contributed by atoms with E-state index in [1.54, 1.807) is 18.2 Å². The van der Waals surface area contributed by atoms with Crippen molar-refractivity contribution in [1.29, 1.82) is 0 Å². The largest absolute Gasteiger partial charge is 0.387 e. The van der Waals surface area contributed by atoms with Crippen LogP contribution in [0.2, 0.25) is 0 Å². The molecule has 0 spiro atoms. The summed E-state index contributed by atoms with van der Waals surface area (Å²) in [5.74, 6) is 0. The molecule has 0 amide bonds. The van der Waals surface area contributed by atoms with E-state index >= 15 is 0 Å². The van der Waals surface area contributed by atoms with Crippen molar-refractivity contribution in [2.24, 2.45) is 0 Å². The Kier molecular flexibility index (Phi) is 12.4. The molecule has 88 valence electrons. The Hall–Kier alpha value is -0.860. The second-order valence-electron chi connectivity index (χ2n) is 3.19. The molecule has 0 aromatic rings.